The van der Waals surface area contributed by atoms with Crippen LogP contribution in [0.2, 0.25) is 0 Å². The van der Waals surface area contributed by atoms with E-state index < -0.39 is 11.4 Å². The number of carbonyl (C=O) groups excluding carboxylic acids is 2. The molecular weight excluding hydrogens is 451 g/mol. The second kappa shape index (κ2) is 11.9. The summed E-state index contributed by atoms with van der Waals surface area (Å²) >= 11 is 0. The molecule has 2 N–H and O–H groups in total. The van der Waals surface area contributed by atoms with Crippen LogP contribution in [-0.2, 0) is 4.79 Å². The molecule has 1 aliphatic rings. The Kier molecular flexibility index (Phi) is 8.89. The lowest BCUT2D eigenvalue weighted by Crippen LogP contribution is -2.61. The van der Waals surface area contributed by atoms with E-state index in [1.165, 1.54) is 24.5 Å². The summed E-state index contributed by atoms with van der Waals surface area (Å²) in [6.07, 6.45) is 8.42. The van der Waals surface area contributed by atoms with Gasteiger partial charge in [-0.2, -0.15) is 0 Å². The molecule has 0 aliphatic carbocycles. The fourth-order valence-corrected chi connectivity index (χ4v) is 4.06. The summed E-state index contributed by atoms with van der Waals surface area (Å²) in [7, 11) is 1.83. The minimum Gasteiger partial charge on any atom is -0.344 e. The first-order chi connectivity index (χ1) is 16.8. The van der Waals surface area contributed by atoms with E-state index in [1.807, 2.05) is 31.0 Å². The molecule has 1 aromatic heterocycles. The number of nitrogens with one attached hydrogen (secondary N) is 1. The molecule has 1 atom stereocenters. The third-order valence-corrected chi connectivity index (χ3v) is 6.32. The average Bonchev–Trinajstić information content (AvgIpc) is 2.90. The molecule has 0 saturated carbocycles. The van der Waals surface area contributed by atoms with Crippen molar-refractivity contribution >= 4 is 23.8 Å². The number of amides is 2. The zero-order chi connectivity index (χ0) is 25.4. The molecule has 1 unspecified atom stereocenters. The number of hydrogen-bond acceptors (Lipinski definition) is 7. The van der Waals surface area contributed by atoms with Crippen molar-refractivity contribution in [2.75, 3.05) is 44.7 Å². The van der Waals surface area contributed by atoms with Crippen LogP contribution in [0.5, 0.6) is 0 Å². The van der Waals surface area contributed by atoms with Crippen molar-refractivity contribution < 1.29 is 19.2 Å². The van der Waals surface area contributed by atoms with E-state index in [1.54, 1.807) is 22.5 Å². The normalized spacial score (nSPS) is 16.2. The molecular formula is C25H33FN6O3. The lowest BCUT2D eigenvalue weighted by atomic mass is 9.94. The van der Waals surface area contributed by atoms with Crippen molar-refractivity contribution in [2.45, 2.75) is 32.2 Å². The summed E-state index contributed by atoms with van der Waals surface area (Å²) in [5.41, 5.74) is 1.66. The fourth-order valence-electron chi connectivity index (χ4n) is 4.06. The lowest BCUT2D eigenvalue weighted by Gasteiger charge is -2.44. The third kappa shape index (κ3) is 6.40. The van der Waals surface area contributed by atoms with E-state index in [9.17, 15) is 14.0 Å². The van der Waals surface area contributed by atoms with Gasteiger partial charge in [-0.3, -0.25) is 19.7 Å². The lowest BCUT2D eigenvalue weighted by molar-refractivity contribution is -0.139. The molecule has 1 aromatic carbocycles. The smallest absolute Gasteiger partial charge is 0.277 e. The van der Waals surface area contributed by atoms with Gasteiger partial charge in [0.2, 0.25) is 11.9 Å². The maximum Gasteiger partial charge on any atom is 0.277 e. The van der Waals surface area contributed by atoms with Gasteiger partial charge in [-0.25, -0.2) is 19.8 Å². The van der Waals surface area contributed by atoms with Gasteiger partial charge < -0.3 is 9.80 Å². The Balaban J connectivity index is 1.77. The van der Waals surface area contributed by atoms with Crippen LogP contribution in [0.15, 0.2) is 42.7 Å². The minimum atomic E-state index is -0.882. The Morgan fingerprint density at radius 1 is 1.17 bits per heavy atom. The van der Waals surface area contributed by atoms with E-state index in [0.717, 1.165) is 18.4 Å². The molecule has 1 saturated heterocycles. The number of carbonyl (C=O) groups is 2. The predicted octanol–water partition coefficient (Wildman–Crippen LogP) is 2.59. The summed E-state index contributed by atoms with van der Waals surface area (Å²) in [5, 5.41) is 8.75. The van der Waals surface area contributed by atoms with Crippen LogP contribution >= 0.6 is 0 Å². The molecule has 1 aliphatic heterocycles. The second-order valence-electron chi connectivity index (χ2n) is 8.80. The number of halogens is 1. The van der Waals surface area contributed by atoms with Gasteiger partial charge in [-0.1, -0.05) is 37.6 Å². The molecule has 0 spiro atoms. The van der Waals surface area contributed by atoms with Gasteiger partial charge in [0.25, 0.3) is 5.91 Å². The minimum absolute atomic E-state index is 0.00776. The summed E-state index contributed by atoms with van der Waals surface area (Å²) in [5.74, 6) is -0.484. The largest absolute Gasteiger partial charge is 0.344 e. The number of hydrogen-bond donors (Lipinski definition) is 2. The Morgan fingerprint density at radius 3 is 2.37 bits per heavy atom. The first-order valence-electron chi connectivity index (χ1n) is 11.8. The summed E-state index contributed by atoms with van der Waals surface area (Å²) in [4.78, 5) is 39.5. The molecule has 35 heavy (non-hydrogen) atoms. The maximum absolute atomic E-state index is 13.6. The van der Waals surface area contributed by atoms with Crippen LogP contribution in [-0.4, -0.2) is 82.1 Å². The van der Waals surface area contributed by atoms with E-state index in [2.05, 4.69) is 21.8 Å². The SMILES string of the molecule is CCCCN(C)C(=O)C(C)(/C=C/c1ccc(F)cc1)N1CCN(c2ncc(C(=O)NO)cn2)CC1. The molecule has 0 radical (unpaired) electrons. The van der Waals surface area contributed by atoms with Gasteiger partial charge in [-0.15, -0.1) is 0 Å². The standard InChI is InChI=1S/C25H33FN6O3/c1-4-5-12-30(3)23(34)25(2,11-10-19-6-8-21(26)9-7-19)32-15-13-31(14-16-32)24-27-17-20(18-28-24)22(33)29-35/h6-11,17-18,35H,4-5,12-16H2,1-3H3,(H,29,33)/b11-10+. The Bertz CT molecular complexity index is 1020. The summed E-state index contributed by atoms with van der Waals surface area (Å²) in [6, 6.07) is 6.18. The second-order valence-corrected chi connectivity index (χ2v) is 8.80. The molecule has 188 valence electrons. The van der Waals surface area contributed by atoms with Crippen molar-refractivity contribution in [1.82, 2.24) is 25.2 Å². The molecule has 10 heteroatoms. The van der Waals surface area contributed by atoms with Gasteiger partial charge in [-0.05, 0) is 31.0 Å². The van der Waals surface area contributed by atoms with E-state index >= 15 is 0 Å². The topological polar surface area (TPSA) is 102 Å². The van der Waals surface area contributed by atoms with Crippen LogP contribution in [0.25, 0.3) is 6.08 Å². The van der Waals surface area contributed by atoms with Gasteiger partial charge in [0.1, 0.15) is 11.4 Å². The third-order valence-electron chi connectivity index (χ3n) is 6.32. The van der Waals surface area contributed by atoms with Crippen LogP contribution in [0, 0.1) is 5.82 Å². The van der Waals surface area contributed by atoms with Crippen LogP contribution in [0.4, 0.5) is 10.3 Å². The first kappa shape index (κ1) is 26.2. The fraction of sp³-hybridized carbons (Fsp3) is 0.440. The van der Waals surface area contributed by atoms with E-state index in [-0.39, 0.29) is 17.3 Å². The van der Waals surface area contributed by atoms with Gasteiger partial charge in [0.05, 0.1) is 5.56 Å². The van der Waals surface area contributed by atoms with Crippen molar-refractivity contribution in [3.05, 3.63) is 59.7 Å². The Morgan fingerprint density at radius 2 is 1.80 bits per heavy atom. The van der Waals surface area contributed by atoms with Gasteiger partial charge >= 0.3 is 0 Å². The number of piperazine rings is 1. The molecule has 3 rings (SSSR count). The number of anilines is 1. The van der Waals surface area contributed by atoms with Crippen LogP contribution < -0.4 is 10.4 Å². The highest BCUT2D eigenvalue weighted by molar-refractivity contribution is 5.92. The number of unbranched alkanes of at least 4 members (excludes halogenated alkanes) is 1. The molecule has 2 aromatic rings. The number of nitrogens with zero attached hydrogens (tertiary/aromatic N) is 5. The number of hydroxylamine groups is 1. The number of aromatic nitrogens is 2. The van der Waals surface area contributed by atoms with Crippen molar-refractivity contribution in [2.24, 2.45) is 0 Å². The first-order valence-corrected chi connectivity index (χ1v) is 11.8. The highest BCUT2D eigenvalue weighted by Gasteiger charge is 2.40. The molecule has 9 nitrogen and oxygen atoms in total. The van der Waals surface area contributed by atoms with Crippen LogP contribution in [0.1, 0.15) is 42.6 Å². The monoisotopic (exact) mass is 484 g/mol. The summed E-state index contributed by atoms with van der Waals surface area (Å²) in [6.45, 7) is 7.08. The zero-order valence-electron chi connectivity index (χ0n) is 20.4. The number of benzene rings is 1. The maximum atomic E-state index is 13.6. The Labute approximate surface area is 205 Å². The summed E-state index contributed by atoms with van der Waals surface area (Å²) < 4.78 is 13.3. The van der Waals surface area contributed by atoms with Crippen molar-refractivity contribution in [1.29, 1.82) is 0 Å². The molecule has 2 heterocycles. The van der Waals surface area contributed by atoms with E-state index in [4.69, 9.17) is 5.21 Å². The molecule has 2 amide bonds. The highest BCUT2D eigenvalue weighted by atomic mass is 19.1. The van der Waals surface area contributed by atoms with Crippen LogP contribution in [0.3, 0.4) is 0 Å². The average molecular weight is 485 g/mol. The predicted molar refractivity (Wildman–Crippen MR) is 131 cm³/mol. The Hall–Kier alpha value is -3.37. The van der Waals surface area contributed by atoms with Gasteiger partial charge in [0, 0.05) is 52.2 Å². The molecule has 0 bridgehead atoms. The highest BCUT2D eigenvalue weighted by Crippen LogP contribution is 2.25. The number of likely N-dealkylation sites (N-methyl/N-ethyl adjacent to an activating group) is 1. The van der Waals surface area contributed by atoms with Gasteiger partial charge in [0.15, 0.2) is 0 Å². The molecule has 1 fully saturated rings. The van der Waals surface area contributed by atoms with Crippen molar-refractivity contribution in [3.63, 3.8) is 0 Å². The van der Waals surface area contributed by atoms with Crippen molar-refractivity contribution in [3.8, 4) is 0 Å². The zero-order valence-corrected chi connectivity index (χ0v) is 20.4. The number of rotatable bonds is 9. The van der Waals surface area contributed by atoms with E-state index in [0.29, 0.717) is 38.7 Å². The quantitative estimate of drug-likeness (QED) is 0.417.